The molecule has 2 N–H and O–H groups in total. The Morgan fingerprint density at radius 2 is 1.90 bits per heavy atom. The summed E-state index contributed by atoms with van der Waals surface area (Å²) in [5.74, 6) is -1.32. The Balaban J connectivity index is 2.26. The van der Waals surface area contributed by atoms with Gasteiger partial charge in [0, 0.05) is 0 Å². The van der Waals surface area contributed by atoms with Gasteiger partial charge in [0.2, 0.25) is 0 Å². The van der Waals surface area contributed by atoms with E-state index in [4.69, 9.17) is 5.11 Å². The minimum absolute atomic E-state index is 0.223. The van der Waals surface area contributed by atoms with Crippen LogP contribution < -0.4 is 5.32 Å². The molecular formula is C13H13N3O3S. The number of hydrogen-bond acceptors (Lipinski definition) is 5. The molecule has 2 aromatic heterocycles. The SMILES string of the molecule is Cc1cc(C(=O)Nc2cc(C)c(C(=O)O)s2)c(C)nn1. The Morgan fingerprint density at radius 1 is 1.20 bits per heavy atom. The zero-order chi connectivity index (χ0) is 14.9. The summed E-state index contributed by atoms with van der Waals surface area (Å²) >= 11 is 1.03. The van der Waals surface area contributed by atoms with Gasteiger partial charge in [-0.05, 0) is 38.5 Å². The van der Waals surface area contributed by atoms with Crippen LogP contribution in [0.15, 0.2) is 12.1 Å². The second-order valence-corrected chi connectivity index (χ2v) is 5.42. The van der Waals surface area contributed by atoms with E-state index in [0.717, 1.165) is 11.3 Å². The van der Waals surface area contributed by atoms with Gasteiger partial charge in [-0.2, -0.15) is 10.2 Å². The van der Waals surface area contributed by atoms with E-state index in [1.54, 1.807) is 32.9 Å². The van der Waals surface area contributed by atoms with Crippen molar-refractivity contribution in [1.29, 1.82) is 0 Å². The average Bonchev–Trinajstić information content (AvgIpc) is 2.73. The molecule has 0 saturated carbocycles. The summed E-state index contributed by atoms with van der Waals surface area (Å²) in [5, 5.41) is 19.9. The summed E-state index contributed by atoms with van der Waals surface area (Å²) in [6.45, 7) is 5.14. The van der Waals surface area contributed by atoms with Gasteiger partial charge in [0.05, 0.1) is 22.0 Å². The highest BCUT2D eigenvalue weighted by Gasteiger charge is 2.16. The first-order valence-electron chi connectivity index (χ1n) is 5.84. The van der Waals surface area contributed by atoms with Crippen LogP contribution in [0.25, 0.3) is 0 Å². The molecule has 0 radical (unpaired) electrons. The van der Waals surface area contributed by atoms with Crippen LogP contribution in [0, 0.1) is 20.8 Å². The van der Waals surface area contributed by atoms with Gasteiger partial charge in [0.1, 0.15) is 4.88 Å². The number of nitrogens with zero attached hydrogens (tertiary/aromatic N) is 2. The highest BCUT2D eigenvalue weighted by Crippen LogP contribution is 2.27. The van der Waals surface area contributed by atoms with E-state index in [0.29, 0.717) is 27.5 Å². The number of amides is 1. The molecule has 0 saturated heterocycles. The molecule has 0 aliphatic carbocycles. The topological polar surface area (TPSA) is 92.2 Å². The minimum atomic E-state index is -0.995. The van der Waals surface area contributed by atoms with Crippen LogP contribution in [0.2, 0.25) is 0 Å². The summed E-state index contributed by atoms with van der Waals surface area (Å²) in [7, 11) is 0. The highest BCUT2D eigenvalue weighted by atomic mass is 32.1. The number of aromatic nitrogens is 2. The lowest BCUT2D eigenvalue weighted by Crippen LogP contribution is -2.14. The van der Waals surface area contributed by atoms with Crippen LogP contribution in [-0.4, -0.2) is 27.2 Å². The molecule has 0 aliphatic rings. The molecule has 0 fully saturated rings. The summed E-state index contributed by atoms with van der Waals surface area (Å²) in [4.78, 5) is 23.4. The van der Waals surface area contributed by atoms with Gasteiger partial charge in [-0.25, -0.2) is 4.79 Å². The minimum Gasteiger partial charge on any atom is -0.477 e. The quantitative estimate of drug-likeness (QED) is 0.906. The molecule has 2 aromatic rings. The predicted molar refractivity (Wildman–Crippen MR) is 75.5 cm³/mol. The molecule has 2 heterocycles. The van der Waals surface area contributed by atoms with Crippen molar-refractivity contribution in [1.82, 2.24) is 10.2 Å². The number of hydrogen-bond donors (Lipinski definition) is 2. The largest absolute Gasteiger partial charge is 0.477 e. The molecule has 104 valence electrons. The maximum Gasteiger partial charge on any atom is 0.346 e. The molecule has 0 atom stereocenters. The van der Waals surface area contributed by atoms with E-state index in [1.807, 2.05) is 0 Å². The number of anilines is 1. The highest BCUT2D eigenvalue weighted by molar-refractivity contribution is 7.18. The Labute approximate surface area is 119 Å². The Bertz CT molecular complexity index is 694. The molecule has 1 amide bonds. The fourth-order valence-corrected chi connectivity index (χ4v) is 2.62. The third kappa shape index (κ3) is 2.83. The fraction of sp³-hybridized carbons (Fsp3) is 0.231. The standard InChI is InChI=1S/C13H13N3O3S/c1-6-4-10(20-11(6)13(18)19)14-12(17)9-5-7(2)15-16-8(9)3/h4-5H,1-3H3,(H,14,17)(H,18,19). The summed E-state index contributed by atoms with van der Waals surface area (Å²) in [6.07, 6.45) is 0. The van der Waals surface area contributed by atoms with E-state index in [-0.39, 0.29) is 10.8 Å². The molecule has 0 unspecified atom stereocenters. The van der Waals surface area contributed by atoms with E-state index < -0.39 is 5.97 Å². The van der Waals surface area contributed by atoms with Crippen molar-refractivity contribution in [3.63, 3.8) is 0 Å². The van der Waals surface area contributed by atoms with E-state index >= 15 is 0 Å². The molecule has 6 nitrogen and oxygen atoms in total. The molecule has 0 spiro atoms. The van der Waals surface area contributed by atoms with Crippen LogP contribution in [0.3, 0.4) is 0 Å². The lowest BCUT2D eigenvalue weighted by atomic mass is 10.2. The number of carbonyl (C=O) groups excluding carboxylic acids is 1. The van der Waals surface area contributed by atoms with Gasteiger partial charge in [-0.3, -0.25) is 4.79 Å². The maximum atomic E-state index is 12.2. The number of nitrogens with one attached hydrogen (secondary N) is 1. The van der Waals surface area contributed by atoms with Crippen LogP contribution in [0.1, 0.15) is 37.0 Å². The van der Waals surface area contributed by atoms with Crippen LogP contribution in [-0.2, 0) is 0 Å². The summed E-state index contributed by atoms with van der Waals surface area (Å²) in [5.41, 5.74) is 2.23. The lowest BCUT2D eigenvalue weighted by Gasteiger charge is -2.05. The third-order valence-corrected chi connectivity index (χ3v) is 3.83. The van der Waals surface area contributed by atoms with Crippen molar-refractivity contribution in [3.8, 4) is 0 Å². The molecule has 0 aliphatic heterocycles. The summed E-state index contributed by atoms with van der Waals surface area (Å²) in [6, 6.07) is 3.29. The molecule has 2 rings (SSSR count). The van der Waals surface area contributed by atoms with Crippen molar-refractivity contribution in [3.05, 3.63) is 39.5 Å². The Hall–Kier alpha value is -2.28. The number of carboxylic acids is 1. The molecule has 0 bridgehead atoms. The van der Waals surface area contributed by atoms with E-state index in [2.05, 4.69) is 15.5 Å². The number of thiophene rings is 1. The molecule has 7 heteroatoms. The van der Waals surface area contributed by atoms with Crippen molar-refractivity contribution in [2.75, 3.05) is 5.32 Å². The first-order valence-corrected chi connectivity index (χ1v) is 6.66. The number of aryl methyl sites for hydroxylation is 3. The van der Waals surface area contributed by atoms with Gasteiger partial charge in [0.25, 0.3) is 5.91 Å². The third-order valence-electron chi connectivity index (χ3n) is 2.69. The maximum absolute atomic E-state index is 12.2. The van der Waals surface area contributed by atoms with Gasteiger partial charge in [-0.15, -0.1) is 11.3 Å². The first-order chi connectivity index (χ1) is 9.38. The zero-order valence-electron chi connectivity index (χ0n) is 11.2. The van der Waals surface area contributed by atoms with Gasteiger partial charge >= 0.3 is 5.97 Å². The monoisotopic (exact) mass is 291 g/mol. The van der Waals surface area contributed by atoms with Gasteiger partial charge in [-0.1, -0.05) is 0 Å². The molecule has 0 aromatic carbocycles. The van der Waals surface area contributed by atoms with Crippen LogP contribution >= 0.6 is 11.3 Å². The van der Waals surface area contributed by atoms with Crippen molar-refractivity contribution < 1.29 is 14.7 Å². The first kappa shape index (κ1) is 14.1. The van der Waals surface area contributed by atoms with Crippen molar-refractivity contribution in [2.24, 2.45) is 0 Å². The van der Waals surface area contributed by atoms with Gasteiger partial charge < -0.3 is 10.4 Å². The number of rotatable bonds is 3. The Kier molecular flexibility index (Phi) is 3.80. The lowest BCUT2D eigenvalue weighted by molar-refractivity contribution is 0.0701. The van der Waals surface area contributed by atoms with Crippen molar-refractivity contribution >= 4 is 28.2 Å². The van der Waals surface area contributed by atoms with Crippen LogP contribution in [0.4, 0.5) is 5.00 Å². The number of aromatic carboxylic acids is 1. The van der Waals surface area contributed by atoms with Gasteiger partial charge in [0.15, 0.2) is 0 Å². The van der Waals surface area contributed by atoms with Crippen LogP contribution in [0.5, 0.6) is 0 Å². The number of carbonyl (C=O) groups is 2. The second kappa shape index (κ2) is 5.38. The summed E-state index contributed by atoms with van der Waals surface area (Å²) < 4.78 is 0. The normalized spacial score (nSPS) is 10.3. The average molecular weight is 291 g/mol. The Morgan fingerprint density at radius 3 is 2.50 bits per heavy atom. The fourth-order valence-electron chi connectivity index (χ4n) is 1.72. The smallest absolute Gasteiger partial charge is 0.346 e. The molecular weight excluding hydrogens is 278 g/mol. The second-order valence-electron chi connectivity index (χ2n) is 4.37. The van der Waals surface area contributed by atoms with E-state index in [1.165, 1.54) is 0 Å². The molecule has 20 heavy (non-hydrogen) atoms. The number of carboxylic acid groups (broad SMARTS) is 1. The predicted octanol–water partition coefficient (Wildman–Crippen LogP) is 2.41. The van der Waals surface area contributed by atoms with Crippen molar-refractivity contribution in [2.45, 2.75) is 20.8 Å². The zero-order valence-corrected chi connectivity index (χ0v) is 12.0. The van der Waals surface area contributed by atoms with E-state index in [9.17, 15) is 9.59 Å².